The van der Waals surface area contributed by atoms with Gasteiger partial charge in [0.25, 0.3) is 0 Å². The third-order valence-corrected chi connectivity index (χ3v) is 8.95. The Morgan fingerprint density at radius 2 is 1.46 bits per heavy atom. The van der Waals surface area contributed by atoms with Gasteiger partial charge in [0.15, 0.2) is 0 Å². The molecule has 1 amide bonds. The van der Waals surface area contributed by atoms with Gasteiger partial charge < -0.3 is 5.32 Å². The Labute approximate surface area is 169 Å². The van der Waals surface area contributed by atoms with Crippen LogP contribution in [0.1, 0.15) is 69.8 Å². The summed E-state index contributed by atoms with van der Waals surface area (Å²) in [6, 6.07) is 12.6. The minimum absolute atomic E-state index is 0.00890. The summed E-state index contributed by atoms with van der Waals surface area (Å²) in [6.45, 7) is 1.08. The number of carbonyl (C=O) groups excluding carboxylic acids is 1. The number of amides is 1. The molecule has 4 saturated carbocycles. The first-order chi connectivity index (χ1) is 13.7. The van der Waals surface area contributed by atoms with Gasteiger partial charge in [-0.15, -0.1) is 0 Å². The molecule has 0 radical (unpaired) electrons. The van der Waals surface area contributed by atoms with Crippen LogP contribution < -0.4 is 5.32 Å². The van der Waals surface area contributed by atoms with Gasteiger partial charge in [-0.1, -0.05) is 30.3 Å². The minimum atomic E-state index is 0.00890. The van der Waals surface area contributed by atoms with Crippen molar-refractivity contribution in [3.63, 3.8) is 0 Å². The van der Waals surface area contributed by atoms with Crippen LogP contribution in [0.4, 0.5) is 0 Å². The van der Waals surface area contributed by atoms with Crippen LogP contribution in [-0.4, -0.2) is 28.9 Å². The molecule has 6 bridgehead atoms. The van der Waals surface area contributed by atoms with E-state index in [1.807, 2.05) is 0 Å². The molecule has 1 N–H and O–H groups in total. The molecule has 3 nitrogen and oxygen atoms in total. The molecule has 6 aliphatic rings. The van der Waals surface area contributed by atoms with Crippen molar-refractivity contribution in [2.75, 3.05) is 0 Å². The molecule has 2 atom stereocenters. The first-order valence-corrected chi connectivity index (χ1v) is 11.8. The molecule has 6 fully saturated rings. The number of carbonyl (C=O) groups is 1. The molecule has 2 saturated heterocycles. The zero-order chi connectivity index (χ0) is 18.7. The Balaban J connectivity index is 1.11. The van der Waals surface area contributed by atoms with E-state index in [0.717, 1.165) is 37.1 Å². The van der Waals surface area contributed by atoms with E-state index in [9.17, 15) is 4.79 Å². The van der Waals surface area contributed by atoms with Crippen molar-refractivity contribution in [3.8, 4) is 0 Å². The lowest BCUT2D eigenvalue weighted by atomic mass is 9.49. The molecule has 1 aromatic rings. The van der Waals surface area contributed by atoms with Crippen molar-refractivity contribution >= 4 is 5.91 Å². The Hall–Kier alpha value is -1.35. The fourth-order valence-electron chi connectivity index (χ4n) is 8.17. The molecule has 2 unspecified atom stereocenters. The van der Waals surface area contributed by atoms with E-state index in [1.165, 1.54) is 56.9 Å². The summed E-state index contributed by atoms with van der Waals surface area (Å²) < 4.78 is 0. The summed E-state index contributed by atoms with van der Waals surface area (Å²) in [7, 11) is 0. The maximum absolute atomic E-state index is 13.4. The number of piperidine rings is 1. The summed E-state index contributed by atoms with van der Waals surface area (Å²) in [6.07, 6.45) is 12.7. The summed E-state index contributed by atoms with van der Waals surface area (Å²) in [5, 5.41) is 3.60. The number of rotatable bonds is 4. The van der Waals surface area contributed by atoms with Crippen LogP contribution in [0.2, 0.25) is 0 Å². The normalized spacial score (nSPS) is 44.0. The second-order valence-electron chi connectivity index (χ2n) is 10.9. The SMILES string of the molecule is O=C(NC1CC2CCC(C1)N2Cc1ccccc1)C12CC3CC(CC(C3)C1)C2. The van der Waals surface area contributed by atoms with Crippen LogP contribution in [0, 0.1) is 23.2 Å². The predicted octanol–water partition coefficient (Wildman–Crippen LogP) is 4.51. The molecule has 28 heavy (non-hydrogen) atoms. The second-order valence-corrected chi connectivity index (χ2v) is 10.9. The van der Waals surface area contributed by atoms with Gasteiger partial charge in [-0.05, 0) is 87.5 Å². The Bertz CT molecular complexity index is 695. The van der Waals surface area contributed by atoms with Crippen molar-refractivity contribution in [1.82, 2.24) is 10.2 Å². The molecule has 150 valence electrons. The molecule has 4 aliphatic carbocycles. The number of nitrogens with one attached hydrogen (secondary N) is 1. The second kappa shape index (κ2) is 6.58. The maximum atomic E-state index is 13.4. The van der Waals surface area contributed by atoms with Crippen LogP contribution in [0.5, 0.6) is 0 Å². The van der Waals surface area contributed by atoms with Gasteiger partial charge in [0.05, 0.1) is 0 Å². The molecular formula is C25H34N2O. The third kappa shape index (κ3) is 2.93. The lowest BCUT2D eigenvalue weighted by Gasteiger charge is -2.56. The lowest BCUT2D eigenvalue weighted by molar-refractivity contribution is -0.147. The van der Waals surface area contributed by atoms with Crippen molar-refractivity contribution in [1.29, 1.82) is 0 Å². The zero-order valence-electron chi connectivity index (χ0n) is 17.0. The first-order valence-electron chi connectivity index (χ1n) is 11.8. The lowest BCUT2D eigenvalue weighted by Crippen LogP contribution is -2.57. The van der Waals surface area contributed by atoms with E-state index in [0.29, 0.717) is 24.0 Å². The minimum Gasteiger partial charge on any atom is -0.353 e. The molecule has 7 rings (SSSR count). The van der Waals surface area contributed by atoms with Gasteiger partial charge in [-0.3, -0.25) is 9.69 Å². The molecule has 3 heteroatoms. The number of hydrogen-bond acceptors (Lipinski definition) is 2. The first kappa shape index (κ1) is 17.5. The van der Waals surface area contributed by atoms with Gasteiger partial charge in [0, 0.05) is 30.1 Å². The Morgan fingerprint density at radius 1 is 0.893 bits per heavy atom. The molecule has 0 spiro atoms. The van der Waals surface area contributed by atoms with Gasteiger partial charge in [-0.2, -0.15) is 0 Å². The monoisotopic (exact) mass is 378 g/mol. The summed E-state index contributed by atoms with van der Waals surface area (Å²) in [5.74, 6) is 2.98. The van der Waals surface area contributed by atoms with E-state index in [2.05, 4.69) is 40.5 Å². The quantitative estimate of drug-likeness (QED) is 0.836. The summed E-state index contributed by atoms with van der Waals surface area (Å²) in [4.78, 5) is 16.2. The van der Waals surface area contributed by atoms with Crippen LogP contribution in [-0.2, 0) is 11.3 Å². The largest absolute Gasteiger partial charge is 0.353 e. The predicted molar refractivity (Wildman–Crippen MR) is 111 cm³/mol. The van der Waals surface area contributed by atoms with Crippen LogP contribution >= 0.6 is 0 Å². The summed E-state index contributed by atoms with van der Waals surface area (Å²) in [5.41, 5.74) is 1.44. The average Bonchev–Trinajstić information content (AvgIpc) is 2.90. The molecule has 2 aliphatic heterocycles. The smallest absolute Gasteiger partial charge is 0.226 e. The van der Waals surface area contributed by atoms with Crippen LogP contribution in [0.15, 0.2) is 30.3 Å². The molecule has 2 heterocycles. The highest BCUT2D eigenvalue weighted by atomic mass is 16.2. The van der Waals surface area contributed by atoms with Crippen molar-refractivity contribution < 1.29 is 4.79 Å². The van der Waals surface area contributed by atoms with Gasteiger partial charge in [0.2, 0.25) is 5.91 Å². The topological polar surface area (TPSA) is 32.3 Å². The average molecular weight is 379 g/mol. The molecule has 0 aromatic heterocycles. The highest BCUT2D eigenvalue weighted by Gasteiger charge is 2.55. The van der Waals surface area contributed by atoms with E-state index < -0.39 is 0 Å². The van der Waals surface area contributed by atoms with Crippen molar-refractivity contribution in [2.24, 2.45) is 23.2 Å². The number of benzene rings is 1. The van der Waals surface area contributed by atoms with E-state index in [1.54, 1.807) is 0 Å². The van der Waals surface area contributed by atoms with Crippen LogP contribution in [0.3, 0.4) is 0 Å². The Morgan fingerprint density at radius 3 is 2.04 bits per heavy atom. The fourth-order valence-corrected chi connectivity index (χ4v) is 8.17. The number of fused-ring (bicyclic) bond motifs is 2. The van der Waals surface area contributed by atoms with Crippen molar-refractivity contribution in [2.45, 2.75) is 88.9 Å². The number of hydrogen-bond donors (Lipinski definition) is 1. The van der Waals surface area contributed by atoms with Crippen molar-refractivity contribution in [3.05, 3.63) is 35.9 Å². The highest BCUT2D eigenvalue weighted by Crippen LogP contribution is 2.60. The maximum Gasteiger partial charge on any atom is 0.226 e. The van der Waals surface area contributed by atoms with Crippen LogP contribution in [0.25, 0.3) is 0 Å². The number of nitrogens with zero attached hydrogens (tertiary/aromatic N) is 1. The standard InChI is InChI=1S/C25H34N2O/c28-24(25-13-18-8-19(14-25)10-20(9-18)15-25)26-21-11-22-6-7-23(12-21)27(22)16-17-4-2-1-3-5-17/h1-5,18-23H,6-16H2,(H,26,28). The van der Waals surface area contributed by atoms with Gasteiger partial charge in [-0.25, -0.2) is 0 Å². The van der Waals surface area contributed by atoms with Gasteiger partial charge >= 0.3 is 0 Å². The molecular weight excluding hydrogens is 344 g/mol. The zero-order valence-corrected chi connectivity index (χ0v) is 17.0. The van der Waals surface area contributed by atoms with Gasteiger partial charge in [0.1, 0.15) is 0 Å². The fraction of sp³-hybridized carbons (Fsp3) is 0.720. The van der Waals surface area contributed by atoms with E-state index >= 15 is 0 Å². The Kier molecular flexibility index (Phi) is 4.12. The third-order valence-electron chi connectivity index (χ3n) is 8.95. The summed E-state index contributed by atoms with van der Waals surface area (Å²) >= 11 is 0. The van der Waals surface area contributed by atoms with E-state index in [-0.39, 0.29) is 5.41 Å². The highest BCUT2D eigenvalue weighted by molar-refractivity contribution is 5.83. The van der Waals surface area contributed by atoms with E-state index in [4.69, 9.17) is 0 Å². The molecule has 1 aromatic carbocycles.